The summed E-state index contributed by atoms with van der Waals surface area (Å²) in [4.78, 5) is 9.92. The molecule has 0 amide bonds. The summed E-state index contributed by atoms with van der Waals surface area (Å²) in [6, 6.07) is 0. The Bertz CT molecular complexity index is 128. The fraction of sp³-hybridized carbons (Fsp3) is 1.00. The summed E-state index contributed by atoms with van der Waals surface area (Å²) in [5, 5.41) is 2.92. The lowest BCUT2D eigenvalue weighted by molar-refractivity contribution is 0.261. The summed E-state index contributed by atoms with van der Waals surface area (Å²) in [6.07, 6.45) is 7.76. The predicted octanol–water partition coefficient (Wildman–Crippen LogP) is 3.36. The van der Waals surface area contributed by atoms with Crippen LogP contribution >= 0.6 is 0 Å². The molecule has 1 fully saturated rings. The molecule has 0 saturated heterocycles. The summed E-state index contributed by atoms with van der Waals surface area (Å²) in [6.45, 7) is 2.80. The van der Waals surface area contributed by atoms with Crippen LogP contribution in [0.2, 0.25) is 0 Å². The Balaban J connectivity index is 2.12. The monoisotopic (exact) mass is 169 g/mol. The summed E-state index contributed by atoms with van der Waals surface area (Å²) < 4.78 is 0. The highest BCUT2D eigenvalue weighted by Crippen LogP contribution is 2.32. The minimum atomic E-state index is 0.529. The first-order valence-corrected chi connectivity index (χ1v) is 5.16. The second-order valence-corrected chi connectivity index (χ2v) is 3.94. The van der Waals surface area contributed by atoms with Gasteiger partial charge in [0.1, 0.15) is 0 Å². The molecule has 0 aromatic carbocycles. The molecule has 0 aliphatic heterocycles. The molecule has 1 aliphatic carbocycles. The van der Waals surface area contributed by atoms with Crippen LogP contribution < -0.4 is 0 Å². The molecule has 0 atom stereocenters. The van der Waals surface area contributed by atoms with Crippen LogP contribution in [0.1, 0.15) is 45.4 Å². The fourth-order valence-corrected chi connectivity index (χ4v) is 2.16. The van der Waals surface area contributed by atoms with Gasteiger partial charge in [-0.1, -0.05) is 44.2 Å². The van der Waals surface area contributed by atoms with Crippen LogP contribution in [0.3, 0.4) is 0 Å². The maximum absolute atomic E-state index is 9.92. The van der Waals surface area contributed by atoms with Crippen LogP contribution in [-0.2, 0) is 0 Å². The normalized spacial score (nSPS) is 30.1. The van der Waals surface area contributed by atoms with Crippen molar-refractivity contribution in [1.29, 1.82) is 0 Å². The maximum Gasteiger partial charge on any atom is 0.0813 e. The van der Waals surface area contributed by atoms with Crippen LogP contribution in [-0.4, -0.2) is 6.54 Å². The Hall–Kier alpha value is -0.400. The molecule has 0 spiro atoms. The van der Waals surface area contributed by atoms with Crippen molar-refractivity contribution in [2.24, 2.45) is 17.0 Å². The van der Waals surface area contributed by atoms with Gasteiger partial charge in [0.2, 0.25) is 0 Å². The van der Waals surface area contributed by atoms with Crippen molar-refractivity contribution in [3.8, 4) is 0 Å². The average Bonchev–Trinajstić information content (AvgIpc) is 2.15. The van der Waals surface area contributed by atoms with Crippen molar-refractivity contribution in [3.05, 3.63) is 4.91 Å². The third-order valence-electron chi connectivity index (χ3n) is 3.17. The molecule has 0 unspecified atom stereocenters. The Labute approximate surface area is 74.7 Å². The standard InChI is InChI=1S/C10H19NO/c1-2-9-3-5-10(6-4-9)7-8-11-12/h9-10H,2-8H2,1H3. The van der Waals surface area contributed by atoms with E-state index in [2.05, 4.69) is 12.1 Å². The van der Waals surface area contributed by atoms with Gasteiger partial charge in [-0.3, -0.25) is 0 Å². The Morgan fingerprint density at radius 2 is 1.75 bits per heavy atom. The lowest BCUT2D eigenvalue weighted by Crippen LogP contribution is -2.14. The number of nitroso groups, excluding NO2 is 1. The minimum absolute atomic E-state index is 0.529. The molecular formula is C10H19NO. The average molecular weight is 169 g/mol. The summed E-state index contributed by atoms with van der Waals surface area (Å²) in [5.41, 5.74) is 0. The van der Waals surface area contributed by atoms with E-state index < -0.39 is 0 Å². The first kappa shape index (κ1) is 9.69. The molecule has 0 heterocycles. The van der Waals surface area contributed by atoms with Crippen molar-refractivity contribution >= 4 is 0 Å². The SMILES string of the molecule is CCC1CCC(CCN=O)CC1. The van der Waals surface area contributed by atoms with Gasteiger partial charge in [-0.05, 0) is 18.3 Å². The molecular weight excluding hydrogens is 150 g/mol. The molecule has 0 aromatic rings. The van der Waals surface area contributed by atoms with Gasteiger partial charge in [-0.15, -0.1) is 0 Å². The van der Waals surface area contributed by atoms with Gasteiger partial charge in [-0.2, -0.15) is 4.91 Å². The second-order valence-electron chi connectivity index (χ2n) is 3.94. The van der Waals surface area contributed by atoms with E-state index in [-0.39, 0.29) is 0 Å². The molecule has 1 rings (SSSR count). The van der Waals surface area contributed by atoms with E-state index in [9.17, 15) is 4.91 Å². The van der Waals surface area contributed by atoms with E-state index in [0.717, 1.165) is 18.3 Å². The molecule has 2 heteroatoms. The van der Waals surface area contributed by atoms with Crippen LogP contribution in [0.15, 0.2) is 5.18 Å². The minimum Gasteiger partial charge on any atom is -0.151 e. The van der Waals surface area contributed by atoms with Crippen molar-refractivity contribution in [2.75, 3.05) is 6.54 Å². The van der Waals surface area contributed by atoms with E-state index >= 15 is 0 Å². The van der Waals surface area contributed by atoms with E-state index in [4.69, 9.17) is 0 Å². The molecule has 0 radical (unpaired) electrons. The third-order valence-corrected chi connectivity index (χ3v) is 3.17. The Morgan fingerprint density at radius 1 is 1.17 bits per heavy atom. The zero-order chi connectivity index (χ0) is 8.81. The van der Waals surface area contributed by atoms with Gasteiger partial charge in [-0.25, -0.2) is 0 Å². The first-order valence-electron chi connectivity index (χ1n) is 5.16. The van der Waals surface area contributed by atoms with Gasteiger partial charge < -0.3 is 0 Å². The number of hydrogen-bond acceptors (Lipinski definition) is 2. The predicted molar refractivity (Wildman–Crippen MR) is 51.0 cm³/mol. The molecule has 2 nitrogen and oxygen atoms in total. The van der Waals surface area contributed by atoms with Gasteiger partial charge in [0, 0.05) is 0 Å². The van der Waals surface area contributed by atoms with Gasteiger partial charge in [0.05, 0.1) is 6.54 Å². The van der Waals surface area contributed by atoms with Crippen molar-refractivity contribution in [3.63, 3.8) is 0 Å². The molecule has 12 heavy (non-hydrogen) atoms. The highest BCUT2D eigenvalue weighted by Gasteiger charge is 2.19. The number of hydrogen-bond donors (Lipinski definition) is 0. The lowest BCUT2D eigenvalue weighted by Gasteiger charge is -2.26. The van der Waals surface area contributed by atoms with E-state index in [1.54, 1.807) is 0 Å². The highest BCUT2D eigenvalue weighted by atomic mass is 16.3. The first-order chi connectivity index (χ1) is 5.86. The summed E-state index contributed by atoms with van der Waals surface area (Å²) >= 11 is 0. The fourth-order valence-electron chi connectivity index (χ4n) is 2.16. The lowest BCUT2D eigenvalue weighted by atomic mass is 9.79. The van der Waals surface area contributed by atoms with Gasteiger partial charge in [0.15, 0.2) is 0 Å². The third kappa shape index (κ3) is 2.92. The zero-order valence-electron chi connectivity index (χ0n) is 7.96. The second kappa shape index (κ2) is 5.28. The number of nitrogens with zero attached hydrogens (tertiary/aromatic N) is 1. The molecule has 70 valence electrons. The molecule has 0 aromatic heterocycles. The van der Waals surface area contributed by atoms with Gasteiger partial charge in [0.25, 0.3) is 0 Å². The summed E-state index contributed by atoms with van der Waals surface area (Å²) in [5.74, 6) is 1.76. The van der Waals surface area contributed by atoms with Crippen LogP contribution in [0, 0.1) is 16.7 Å². The van der Waals surface area contributed by atoms with Crippen LogP contribution in [0.5, 0.6) is 0 Å². The quantitative estimate of drug-likeness (QED) is 0.593. The van der Waals surface area contributed by atoms with E-state index in [1.807, 2.05) is 0 Å². The molecule has 0 bridgehead atoms. The van der Waals surface area contributed by atoms with Crippen molar-refractivity contribution in [1.82, 2.24) is 0 Å². The van der Waals surface area contributed by atoms with E-state index in [0.29, 0.717) is 6.54 Å². The van der Waals surface area contributed by atoms with E-state index in [1.165, 1.54) is 32.1 Å². The topological polar surface area (TPSA) is 29.4 Å². The van der Waals surface area contributed by atoms with Crippen molar-refractivity contribution < 1.29 is 0 Å². The molecule has 1 aliphatic rings. The van der Waals surface area contributed by atoms with Gasteiger partial charge >= 0.3 is 0 Å². The van der Waals surface area contributed by atoms with Crippen molar-refractivity contribution in [2.45, 2.75) is 45.4 Å². The number of rotatable bonds is 4. The zero-order valence-corrected chi connectivity index (χ0v) is 7.96. The maximum atomic E-state index is 9.92. The van der Waals surface area contributed by atoms with Crippen LogP contribution in [0.25, 0.3) is 0 Å². The van der Waals surface area contributed by atoms with Crippen LogP contribution in [0.4, 0.5) is 0 Å². The highest BCUT2D eigenvalue weighted by molar-refractivity contribution is 4.72. The largest absolute Gasteiger partial charge is 0.151 e. The molecule has 0 N–H and O–H groups in total. The smallest absolute Gasteiger partial charge is 0.0813 e. The summed E-state index contributed by atoms with van der Waals surface area (Å²) in [7, 11) is 0. The Morgan fingerprint density at radius 3 is 2.25 bits per heavy atom. The molecule has 1 saturated carbocycles. The Kier molecular flexibility index (Phi) is 4.26.